The van der Waals surface area contributed by atoms with Crippen LogP contribution < -0.4 is 10.6 Å². The fourth-order valence-electron chi connectivity index (χ4n) is 2.75. The number of hydrogen-bond donors (Lipinski definition) is 2. The van der Waals surface area contributed by atoms with Crippen LogP contribution in [0.25, 0.3) is 5.65 Å². The van der Waals surface area contributed by atoms with Crippen molar-refractivity contribution in [2.75, 3.05) is 13.6 Å². The molecule has 0 fully saturated rings. The number of guanidine groups is 1. The number of fused-ring (bicyclic) bond motifs is 1. The smallest absolute Gasteiger partial charge is 0.191 e. The molecule has 0 saturated carbocycles. The molecule has 2 N–H and O–H groups in total. The second-order valence-corrected chi connectivity index (χ2v) is 6.82. The van der Waals surface area contributed by atoms with Gasteiger partial charge in [0.2, 0.25) is 0 Å². The van der Waals surface area contributed by atoms with E-state index in [-0.39, 0.29) is 30.0 Å². The van der Waals surface area contributed by atoms with Crippen LogP contribution in [0.4, 0.5) is 0 Å². The summed E-state index contributed by atoms with van der Waals surface area (Å²) in [6.07, 6.45) is 4.85. The fraction of sp³-hybridized carbons (Fsp3) is 0.263. The molecule has 0 saturated heterocycles. The molecule has 3 aromatic rings. The molecule has 0 amide bonds. The third-order valence-electron chi connectivity index (χ3n) is 4.09. The lowest BCUT2D eigenvalue weighted by Crippen LogP contribution is -2.39. The van der Waals surface area contributed by atoms with Crippen molar-refractivity contribution in [3.63, 3.8) is 0 Å². The van der Waals surface area contributed by atoms with E-state index in [0.29, 0.717) is 16.0 Å². The second kappa shape index (κ2) is 10.1. The average molecular weight is 518 g/mol. The number of benzene rings is 1. The van der Waals surface area contributed by atoms with E-state index in [4.69, 9.17) is 23.2 Å². The molecular weight excluding hydrogens is 496 g/mol. The number of aromatic nitrogens is 2. The van der Waals surface area contributed by atoms with Crippen molar-refractivity contribution in [3.05, 3.63) is 70.1 Å². The number of pyridine rings is 1. The van der Waals surface area contributed by atoms with Gasteiger partial charge in [0.05, 0.1) is 11.7 Å². The molecule has 0 radical (unpaired) electrons. The topological polar surface area (TPSA) is 53.7 Å². The zero-order chi connectivity index (χ0) is 18.5. The lowest BCUT2D eigenvalue weighted by Gasteiger charge is -2.19. The van der Waals surface area contributed by atoms with Crippen molar-refractivity contribution < 1.29 is 0 Å². The molecule has 0 aliphatic heterocycles. The minimum Gasteiger partial charge on any atom is -0.356 e. The summed E-state index contributed by atoms with van der Waals surface area (Å²) in [5.74, 6) is 0.715. The summed E-state index contributed by atoms with van der Waals surface area (Å²) in [5, 5.41) is 7.92. The Kier molecular flexibility index (Phi) is 8.19. The first-order chi connectivity index (χ1) is 12.6. The molecule has 2 aromatic heterocycles. The Hall–Kier alpha value is -1.51. The van der Waals surface area contributed by atoms with Crippen molar-refractivity contribution >= 4 is 58.8 Å². The molecule has 0 aliphatic rings. The van der Waals surface area contributed by atoms with Gasteiger partial charge in [-0.25, -0.2) is 4.98 Å². The van der Waals surface area contributed by atoms with Crippen molar-refractivity contribution in [2.24, 2.45) is 4.99 Å². The SMILES string of the molecule is CN=C(NCCc1cn2ccccc2n1)NC(C)c1ccc(Cl)cc1Cl.I. The molecule has 1 atom stereocenters. The number of nitrogens with one attached hydrogen (secondary N) is 2. The highest BCUT2D eigenvalue weighted by Crippen LogP contribution is 2.25. The Morgan fingerprint density at radius 3 is 2.78 bits per heavy atom. The summed E-state index contributed by atoms with van der Waals surface area (Å²) in [6.45, 7) is 2.76. The highest BCUT2D eigenvalue weighted by Gasteiger charge is 2.12. The van der Waals surface area contributed by atoms with Gasteiger partial charge in [-0.3, -0.25) is 4.99 Å². The maximum absolute atomic E-state index is 6.28. The van der Waals surface area contributed by atoms with Crippen LogP contribution in [0.3, 0.4) is 0 Å². The minimum absolute atomic E-state index is 0. The van der Waals surface area contributed by atoms with Gasteiger partial charge in [0, 0.05) is 42.5 Å². The van der Waals surface area contributed by atoms with E-state index in [1.807, 2.05) is 54.0 Å². The lowest BCUT2D eigenvalue weighted by atomic mass is 10.1. The lowest BCUT2D eigenvalue weighted by molar-refractivity contribution is 0.683. The van der Waals surface area contributed by atoms with E-state index in [1.54, 1.807) is 13.1 Å². The van der Waals surface area contributed by atoms with Crippen LogP contribution >= 0.6 is 47.2 Å². The summed E-state index contributed by atoms with van der Waals surface area (Å²) >= 11 is 12.2. The fourth-order valence-corrected chi connectivity index (χ4v) is 3.32. The Labute approximate surface area is 186 Å². The maximum atomic E-state index is 6.28. The van der Waals surface area contributed by atoms with Crippen LogP contribution in [-0.4, -0.2) is 28.9 Å². The molecule has 27 heavy (non-hydrogen) atoms. The van der Waals surface area contributed by atoms with Gasteiger partial charge < -0.3 is 15.0 Å². The first kappa shape index (κ1) is 21.8. The van der Waals surface area contributed by atoms with Gasteiger partial charge in [-0.2, -0.15) is 0 Å². The second-order valence-electron chi connectivity index (χ2n) is 5.98. The van der Waals surface area contributed by atoms with Crippen molar-refractivity contribution in [2.45, 2.75) is 19.4 Å². The molecule has 1 unspecified atom stereocenters. The molecule has 0 bridgehead atoms. The number of imidazole rings is 1. The summed E-state index contributed by atoms with van der Waals surface area (Å²) in [7, 11) is 1.75. The van der Waals surface area contributed by atoms with E-state index in [2.05, 4.69) is 20.6 Å². The Balaban J connectivity index is 0.00000261. The van der Waals surface area contributed by atoms with Crippen LogP contribution in [0, 0.1) is 0 Å². The predicted octanol–water partition coefficient (Wildman–Crippen LogP) is 4.73. The molecular formula is C19H22Cl2IN5. The quantitative estimate of drug-likeness (QED) is 0.292. The van der Waals surface area contributed by atoms with Crippen LogP contribution in [0.5, 0.6) is 0 Å². The molecule has 0 aliphatic carbocycles. The number of halogens is 3. The molecule has 5 nitrogen and oxygen atoms in total. The van der Waals surface area contributed by atoms with E-state index in [1.165, 1.54) is 0 Å². The summed E-state index contributed by atoms with van der Waals surface area (Å²) in [4.78, 5) is 8.87. The molecule has 1 aromatic carbocycles. The van der Waals surface area contributed by atoms with Crippen molar-refractivity contribution in [1.82, 2.24) is 20.0 Å². The monoisotopic (exact) mass is 517 g/mol. The molecule has 2 heterocycles. The van der Waals surface area contributed by atoms with Gasteiger partial charge in [0.15, 0.2) is 5.96 Å². The minimum atomic E-state index is 0. The van der Waals surface area contributed by atoms with Gasteiger partial charge >= 0.3 is 0 Å². The highest BCUT2D eigenvalue weighted by molar-refractivity contribution is 14.0. The van der Waals surface area contributed by atoms with Gasteiger partial charge in [0.1, 0.15) is 5.65 Å². The normalized spacial score (nSPS) is 12.5. The van der Waals surface area contributed by atoms with Gasteiger partial charge in [-0.1, -0.05) is 35.3 Å². The number of aliphatic imine (C=N–C) groups is 1. The van der Waals surface area contributed by atoms with Gasteiger partial charge in [-0.15, -0.1) is 24.0 Å². The molecule has 8 heteroatoms. The number of hydrogen-bond acceptors (Lipinski definition) is 2. The first-order valence-corrected chi connectivity index (χ1v) is 9.17. The zero-order valence-corrected chi connectivity index (χ0v) is 19.0. The van der Waals surface area contributed by atoms with Crippen LogP contribution in [-0.2, 0) is 6.42 Å². The van der Waals surface area contributed by atoms with E-state index < -0.39 is 0 Å². The molecule has 144 valence electrons. The van der Waals surface area contributed by atoms with Crippen molar-refractivity contribution in [1.29, 1.82) is 0 Å². The van der Waals surface area contributed by atoms with Gasteiger partial charge in [-0.05, 0) is 36.8 Å². The van der Waals surface area contributed by atoms with E-state index >= 15 is 0 Å². The van der Waals surface area contributed by atoms with Crippen molar-refractivity contribution in [3.8, 4) is 0 Å². The Bertz CT molecular complexity index is 892. The zero-order valence-electron chi connectivity index (χ0n) is 15.1. The third kappa shape index (κ3) is 5.73. The Morgan fingerprint density at radius 2 is 2.07 bits per heavy atom. The predicted molar refractivity (Wildman–Crippen MR) is 124 cm³/mol. The summed E-state index contributed by atoms with van der Waals surface area (Å²) in [5.41, 5.74) is 2.96. The summed E-state index contributed by atoms with van der Waals surface area (Å²) < 4.78 is 2.02. The Morgan fingerprint density at radius 1 is 1.26 bits per heavy atom. The summed E-state index contributed by atoms with van der Waals surface area (Å²) in [6, 6.07) is 11.5. The van der Waals surface area contributed by atoms with Crippen LogP contribution in [0.1, 0.15) is 24.2 Å². The maximum Gasteiger partial charge on any atom is 0.191 e. The van der Waals surface area contributed by atoms with E-state index in [0.717, 1.165) is 29.9 Å². The number of rotatable bonds is 5. The first-order valence-electron chi connectivity index (χ1n) is 8.41. The third-order valence-corrected chi connectivity index (χ3v) is 4.66. The number of nitrogens with zero attached hydrogens (tertiary/aromatic N) is 3. The molecule has 0 spiro atoms. The molecule has 3 rings (SSSR count). The van der Waals surface area contributed by atoms with Crippen LogP contribution in [0.15, 0.2) is 53.8 Å². The largest absolute Gasteiger partial charge is 0.356 e. The van der Waals surface area contributed by atoms with Crippen LogP contribution in [0.2, 0.25) is 10.0 Å². The standard InChI is InChI=1S/C19H21Cl2N5.HI/c1-13(16-7-6-14(20)11-17(16)21)24-19(22-2)23-9-8-15-12-26-10-4-3-5-18(26)25-15;/h3-7,10-13H,8-9H2,1-2H3,(H2,22,23,24);1H. The highest BCUT2D eigenvalue weighted by atomic mass is 127. The van der Waals surface area contributed by atoms with E-state index in [9.17, 15) is 0 Å². The average Bonchev–Trinajstić information content (AvgIpc) is 3.03. The van der Waals surface area contributed by atoms with Gasteiger partial charge in [0.25, 0.3) is 0 Å².